The van der Waals surface area contributed by atoms with Crippen LogP contribution in [0.5, 0.6) is 0 Å². The number of halogens is 3. The minimum atomic E-state index is -2.79. The maximum Gasteiger partial charge on any atom is 1.00 e. The Kier molecular flexibility index (Phi) is 5.94. The number of hydrogen-bond acceptors (Lipinski definition) is 4. The number of nitrogens with zero attached hydrogens (tertiary/aromatic N) is 2. The van der Waals surface area contributed by atoms with Crippen molar-refractivity contribution in [3.63, 3.8) is 0 Å². The van der Waals surface area contributed by atoms with Crippen LogP contribution in [0.2, 0.25) is 0 Å². The van der Waals surface area contributed by atoms with E-state index in [0.29, 0.717) is 3.57 Å². The summed E-state index contributed by atoms with van der Waals surface area (Å²) < 4.78 is 26.6. The van der Waals surface area contributed by atoms with Gasteiger partial charge >= 0.3 is 51.4 Å². The number of carboxylic acid groups (broad SMARTS) is 1. The summed E-state index contributed by atoms with van der Waals surface area (Å²) in [4.78, 5) is 16.2. The van der Waals surface area contributed by atoms with E-state index in [1.165, 1.54) is 17.2 Å². The molecule has 8 heteroatoms. The molecule has 1 aliphatic rings. The molecule has 0 N–H and O–H groups in total. The number of alkyl halides is 2. The molecule has 1 saturated heterocycles. The van der Waals surface area contributed by atoms with Crippen LogP contribution in [-0.4, -0.2) is 30.0 Å². The second kappa shape index (κ2) is 6.40. The van der Waals surface area contributed by atoms with Gasteiger partial charge in [0.2, 0.25) is 0 Å². The molecule has 2 rings (SSSR count). The molecule has 1 aromatic heterocycles. The largest absolute Gasteiger partial charge is 1.00 e. The second-order valence-electron chi connectivity index (χ2n) is 3.81. The van der Waals surface area contributed by atoms with Crippen LogP contribution in [0.15, 0.2) is 12.3 Å². The smallest absolute Gasteiger partial charge is 0.545 e. The number of carbonyl (C=O) groups excluding carboxylic acids is 1. The first-order valence-corrected chi connectivity index (χ1v) is 5.97. The van der Waals surface area contributed by atoms with Gasteiger partial charge in [-0.25, -0.2) is 13.8 Å². The normalized spacial score (nSPS) is 17.4. The molecule has 92 valence electrons. The van der Waals surface area contributed by atoms with Crippen molar-refractivity contribution in [2.45, 2.75) is 12.3 Å². The third-order valence-corrected chi connectivity index (χ3v) is 3.45. The van der Waals surface area contributed by atoms with Crippen molar-refractivity contribution in [2.75, 3.05) is 18.0 Å². The summed E-state index contributed by atoms with van der Waals surface area (Å²) >= 11 is 1.82. The van der Waals surface area contributed by atoms with Gasteiger partial charge in [0.1, 0.15) is 5.82 Å². The topological polar surface area (TPSA) is 56.3 Å². The van der Waals surface area contributed by atoms with Crippen LogP contribution in [0, 0.1) is 3.57 Å². The fourth-order valence-corrected chi connectivity index (χ4v) is 2.40. The molecule has 0 atom stereocenters. The molecule has 1 aromatic rings. The van der Waals surface area contributed by atoms with E-state index in [2.05, 4.69) is 4.98 Å². The molecule has 1 fully saturated rings. The van der Waals surface area contributed by atoms with Gasteiger partial charge in [-0.05, 0) is 28.7 Å². The average Bonchev–Trinajstić information content (AvgIpc) is 2.57. The number of carboxylic acids is 1. The van der Waals surface area contributed by atoms with Crippen molar-refractivity contribution in [1.29, 1.82) is 0 Å². The predicted octanol–water partition coefficient (Wildman–Crippen LogP) is -2.10. The third kappa shape index (κ3) is 3.60. The molecular weight excluding hydrogens is 384 g/mol. The van der Waals surface area contributed by atoms with Gasteiger partial charge in [-0.3, -0.25) is 0 Å². The molecular formula is C10H8F2IKN2O2. The molecule has 4 nitrogen and oxygen atoms in total. The standard InChI is InChI=1S/C10H9F2IN2O2.K/c11-10(12)2-4-15(5-10)8-7(9(16)17)6(13)1-3-14-8;/h1,3H,2,4-5H2,(H,16,17);/q;+1/p-1. The van der Waals surface area contributed by atoms with Crippen molar-refractivity contribution in [3.8, 4) is 0 Å². The SMILES string of the molecule is O=C([O-])c1c(I)ccnc1N1CCC(F)(F)C1.[K+]. The minimum Gasteiger partial charge on any atom is -0.545 e. The molecule has 1 aliphatic heterocycles. The first-order valence-electron chi connectivity index (χ1n) is 4.89. The van der Waals surface area contributed by atoms with E-state index < -0.39 is 18.4 Å². The number of rotatable bonds is 2. The molecule has 0 aromatic carbocycles. The number of hydrogen-bond donors (Lipinski definition) is 0. The molecule has 0 bridgehead atoms. The van der Waals surface area contributed by atoms with E-state index in [1.54, 1.807) is 0 Å². The van der Waals surface area contributed by atoms with Crippen molar-refractivity contribution in [3.05, 3.63) is 21.4 Å². The van der Waals surface area contributed by atoms with Gasteiger partial charge in [0, 0.05) is 22.7 Å². The van der Waals surface area contributed by atoms with Crippen molar-refractivity contribution >= 4 is 34.4 Å². The van der Waals surface area contributed by atoms with Crippen molar-refractivity contribution in [1.82, 2.24) is 4.98 Å². The first-order chi connectivity index (χ1) is 7.91. The summed E-state index contributed by atoms with van der Waals surface area (Å²) in [7, 11) is 0. The van der Waals surface area contributed by atoms with Crippen LogP contribution in [0.3, 0.4) is 0 Å². The molecule has 0 saturated carbocycles. The number of aromatic nitrogens is 1. The molecule has 0 radical (unpaired) electrons. The molecule has 0 amide bonds. The van der Waals surface area contributed by atoms with Gasteiger partial charge in [0.15, 0.2) is 0 Å². The predicted molar refractivity (Wildman–Crippen MR) is 63.1 cm³/mol. The Labute approximate surface area is 159 Å². The monoisotopic (exact) mass is 392 g/mol. The van der Waals surface area contributed by atoms with E-state index in [1.807, 2.05) is 22.6 Å². The van der Waals surface area contributed by atoms with Crippen LogP contribution in [-0.2, 0) is 0 Å². The number of anilines is 1. The first kappa shape index (κ1) is 16.7. The van der Waals surface area contributed by atoms with Crippen LogP contribution in [0.25, 0.3) is 0 Å². The summed E-state index contributed by atoms with van der Waals surface area (Å²) in [6, 6.07) is 1.50. The summed E-state index contributed by atoms with van der Waals surface area (Å²) in [5.74, 6) is -4.12. The number of aromatic carboxylic acids is 1. The zero-order valence-corrected chi connectivity index (χ0v) is 14.9. The molecule has 0 aliphatic carbocycles. The van der Waals surface area contributed by atoms with Gasteiger partial charge < -0.3 is 14.8 Å². The number of pyridine rings is 1. The summed E-state index contributed by atoms with van der Waals surface area (Å²) in [5.41, 5.74) is -0.120. The van der Waals surface area contributed by atoms with Crippen LogP contribution < -0.4 is 61.4 Å². The maximum absolute atomic E-state index is 13.1. The number of carbonyl (C=O) groups is 1. The molecule has 0 spiro atoms. The van der Waals surface area contributed by atoms with E-state index >= 15 is 0 Å². The van der Waals surface area contributed by atoms with E-state index in [9.17, 15) is 18.7 Å². The second-order valence-corrected chi connectivity index (χ2v) is 4.97. The summed E-state index contributed by atoms with van der Waals surface area (Å²) in [5, 5.41) is 11.0. The fourth-order valence-electron chi connectivity index (χ4n) is 1.77. The van der Waals surface area contributed by atoms with E-state index in [4.69, 9.17) is 0 Å². The van der Waals surface area contributed by atoms with Crippen LogP contribution >= 0.6 is 22.6 Å². The zero-order chi connectivity index (χ0) is 12.6. The van der Waals surface area contributed by atoms with E-state index in [0.717, 1.165) is 0 Å². The Morgan fingerprint density at radius 1 is 1.56 bits per heavy atom. The van der Waals surface area contributed by atoms with Crippen molar-refractivity contribution < 1.29 is 70.1 Å². The zero-order valence-electron chi connectivity index (χ0n) is 9.62. The van der Waals surface area contributed by atoms with Gasteiger partial charge in [-0.1, -0.05) is 0 Å². The Bertz CT molecular complexity index is 473. The van der Waals surface area contributed by atoms with Crippen LogP contribution in [0.1, 0.15) is 16.8 Å². The quantitative estimate of drug-likeness (QED) is 0.428. The maximum atomic E-state index is 13.1. The van der Waals surface area contributed by atoms with E-state index in [-0.39, 0.29) is 75.7 Å². The van der Waals surface area contributed by atoms with Gasteiger partial charge in [-0.15, -0.1) is 0 Å². The van der Waals surface area contributed by atoms with Crippen molar-refractivity contribution in [2.24, 2.45) is 0 Å². The minimum absolute atomic E-state index is 0. The fraction of sp³-hybridized carbons (Fsp3) is 0.400. The van der Waals surface area contributed by atoms with Gasteiger partial charge in [0.05, 0.1) is 18.1 Å². The Hall–Kier alpha value is 0.646. The molecule has 0 unspecified atom stereocenters. The average molecular weight is 392 g/mol. The van der Waals surface area contributed by atoms with Crippen LogP contribution in [0.4, 0.5) is 14.6 Å². The van der Waals surface area contributed by atoms with Gasteiger partial charge in [-0.2, -0.15) is 0 Å². The summed E-state index contributed by atoms with van der Waals surface area (Å²) in [6.45, 7) is -0.402. The Morgan fingerprint density at radius 2 is 2.22 bits per heavy atom. The molecule has 2 heterocycles. The Balaban J connectivity index is 0.00000162. The Morgan fingerprint density at radius 3 is 2.72 bits per heavy atom. The van der Waals surface area contributed by atoms with Gasteiger partial charge in [0.25, 0.3) is 5.92 Å². The molecule has 18 heavy (non-hydrogen) atoms. The third-order valence-electron chi connectivity index (χ3n) is 2.55. The summed E-state index contributed by atoms with van der Waals surface area (Å²) in [6.07, 6.45) is 1.12.